The fourth-order valence-corrected chi connectivity index (χ4v) is 8.86. The minimum atomic E-state index is 0.963. The van der Waals surface area contributed by atoms with Crippen LogP contribution >= 0.6 is 0 Å². The smallest absolute Gasteiger partial charge is 0.0730 e. The third-order valence-corrected chi connectivity index (χ3v) is 11.5. The first-order valence-corrected chi connectivity index (χ1v) is 19.4. The van der Waals surface area contributed by atoms with Crippen LogP contribution in [-0.4, -0.2) is 14.1 Å². The lowest BCUT2D eigenvalue weighted by molar-refractivity contribution is 0.967. The van der Waals surface area contributed by atoms with Crippen LogP contribution in [0.2, 0.25) is 0 Å². The SMILES string of the molecule is C=Cc1ccc2c(c1)c1cc(-c3ccc4c(c3)c3c(n4-c4cc(-c5ccccc5)nc(-c5ccccc5)c4)C=CCC3)ccc1n2-c1cccc2ccccc12. The van der Waals surface area contributed by atoms with Gasteiger partial charge < -0.3 is 9.13 Å². The average Bonchev–Trinajstić information content (AvgIpc) is 3.78. The molecule has 0 N–H and O–H groups in total. The number of aryl methyl sites for hydroxylation is 1. The molecule has 10 aromatic rings. The van der Waals surface area contributed by atoms with Gasteiger partial charge >= 0.3 is 0 Å². The van der Waals surface area contributed by atoms with Crippen LogP contribution in [0, 0.1) is 0 Å². The summed E-state index contributed by atoms with van der Waals surface area (Å²) >= 11 is 0. The molecule has 0 amide bonds. The molecule has 0 fully saturated rings. The predicted octanol–water partition coefficient (Wildman–Crippen LogP) is 13.9. The van der Waals surface area contributed by atoms with Crippen molar-refractivity contribution in [3.05, 3.63) is 199 Å². The number of hydrogen-bond donors (Lipinski definition) is 0. The second-order valence-electron chi connectivity index (χ2n) is 14.7. The molecule has 3 aromatic heterocycles. The minimum Gasteiger partial charge on any atom is -0.309 e. The Hall–Kier alpha value is -7.23. The Kier molecular flexibility index (Phi) is 7.46. The zero-order valence-electron chi connectivity index (χ0n) is 30.9. The quantitative estimate of drug-likeness (QED) is 0.168. The zero-order chi connectivity index (χ0) is 37.2. The Balaban J connectivity index is 1.10. The maximum atomic E-state index is 5.18. The lowest BCUT2D eigenvalue weighted by atomic mass is 9.97. The Bertz CT molecular complexity index is 3130. The van der Waals surface area contributed by atoms with E-state index in [1.165, 1.54) is 71.6 Å². The molecule has 0 atom stereocenters. The van der Waals surface area contributed by atoms with Gasteiger partial charge in [0.25, 0.3) is 0 Å². The molecule has 3 heteroatoms. The molecule has 264 valence electrons. The zero-order valence-corrected chi connectivity index (χ0v) is 30.9. The summed E-state index contributed by atoms with van der Waals surface area (Å²) in [5.74, 6) is 0. The lowest BCUT2D eigenvalue weighted by Gasteiger charge is -2.15. The normalized spacial score (nSPS) is 12.5. The van der Waals surface area contributed by atoms with Gasteiger partial charge in [-0.05, 0) is 101 Å². The molecule has 0 radical (unpaired) electrons. The van der Waals surface area contributed by atoms with Gasteiger partial charge in [-0.3, -0.25) is 0 Å². The number of hydrogen-bond acceptors (Lipinski definition) is 1. The van der Waals surface area contributed by atoms with Crippen molar-refractivity contribution in [3.8, 4) is 45.0 Å². The molecular weight excluding hydrogens is 679 g/mol. The summed E-state index contributed by atoms with van der Waals surface area (Å²) in [6.07, 6.45) is 8.60. The summed E-state index contributed by atoms with van der Waals surface area (Å²) in [7, 11) is 0. The standard InChI is InChI=1S/C53H37N3/c1-2-35-24-27-52-44(30-35)46-32-40(26-29-53(46)56(52)49-23-13-19-36-14-9-10-20-42(36)49)39-25-28-51-45(31-39)43-21-11-12-22-50(43)55(51)41-33-47(37-15-5-3-6-16-37)54-48(34-41)38-17-7-4-8-18-38/h2-10,12-20,22-34H,1,11,21H2. The number of fused-ring (bicyclic) bond motifs is 7. The van der Waals surface area contributed by atoms with Gasteiger partial charge in [0, 0.05) is 38.4 Å². The molecule has 0 bridgehead atoms. The molecule has 0 spiro atoms. The number of rotatable bonds is 6. The van der Waals surface area contributed by atoms with Crippen LogP contribution in [0.25, 0.3) is 101 Å². The van der Waals surface area contributed by atoms with Crippen molar-refractivity contribution in [1.82, 2.24) is 14.1 Å². The van der Waals surface area contributed by atoms with E-state index in [1.54, 1.807) is 0 Å². The summed E-state index contributed by atoms with van der Waals surface area (Å²) in [4.78, 5) is 5.18. The molecule has 0 aliphatic heterocycles. The predicted molar refractivity (Wildman–Crippen MR) is 237 cm³/mol. The van der Waals surface area contributed by atoms with Gasteiger partial charge in [0.1, 0.15) is 0 Å². The maximum Gasteiger partial charge on any atom is 0.0730 e. The molecule has 3 heterocycles. The summed E-state index contributed by atoms with van der Waals surface area (Å²) in [5.41, 5.74) is 16.2. The van der Waals surface area contributed by atoms with Gasteiger partial charge in [0.05, 0.1) is 39.3 Å². The highest BCUT2D eigenvalue weighted by Gasteiger charge is 2.22. The molecule has 1 aliphatic rings. The van der Waals surface area contributed by atoms with E-state index in [1.807, 2.05) is 6.08 Å². The van der Waals surface area contributed by atoms with Crippen molar-refractivity contribution in [2.45, 2.75) is 12.8 Å². The van der Waals surface area contributed by atoms with Crippen LogP contribution in [0.3, 0.4) is 0 Å². The van der Waals surface area contributed by atoms with Gasteiger partial charge in [0.2, 0.25) is 0 Å². The van der Waals surface area contributed by atoms with Gasteiger partial charge in [-0.15, -0.1) is 0 Å². The molecule has 1 aliphatic carbocycles. The second kappa shape index (κ2) is 13.0. The van der Waals surface area contributed by atoms with Crippen molar-refractivity contribution in [2.75, 3.05) is 0 Å². The van der Waals surface area contributed by atoms with Gasteiger partial charge in [-0.1, -0.05) is 134 Å². The lowest BCUT2D eigenvalue weighted by Crippen LogP contribution is -2.02. The van der Waals surface area contributed by atoms with E-state index < -0.39 is 0 Å². The molecule has 7 aromatic carbocycles. The summed E-state index contributed by atoms with van der Waals surface area (Å²) in [5, 5.41) is 6.23. The highest BCUT2D eigenvalue weighted by atomic mass is 15.0. The molecule has 56 heavy (non-hydrogen) atoms. The van der Waals surface area contributed by atoms with E-state index >= 15 is 0 Å². The molecular formula is C53H37N3. The Morgan fingerprint density at radius 1 is 0.500 bits per heavy atom. The van der Waals surface area contributed by atoms with E-state index in [-0.39, 0.29) is 0 Å². The van der Waals surface area contributed by atoms with Gasteiger partial charge in [0.15, 0.2) is 0 Å². The van der Waals surface area contributed by atoms with Crippen molar-refractivity contribution in [1.29, 1.82) is 0 Å². The fraction of sp³-hybridized carbons (Fsp3) is 0.0377. The second-order valence-corrected chi connectivity index (χ2v) is 14.7. The summed E-state index contributed by atoms with van der Waals surface area (Å²) in [6.45, 7) is 4.10. The first kappa shape index (κ1) is 32.2. The molecule has 0 saturated carbocycles. The van der Waals surface area contributed by atoms with Gasteiger partial charge in [-0.25, -0.2) is 4.98 Å². The van der Waals surface area contributed by atoms with Crippen LogP contribution in [0.5, 0.6) is 0 Å². The molecule has 0 saturated heterocycles. The Morgan fingerprint density at radius 3 is 1.82 bits per heavy atom. The minimum absolute atomic E-state index is 0.963. The van der Waals surface area contributed by atoms with Crippen molar-refractivity contribution in [2.24, 2.45) is 0 Å². The van der Waals surface area contributed by atoms with Crippen LogP contribution in [0.4, 0.5) is 0 Å². The van der Waals surface area contributed by atoms with Crippen molar-refractivity contribution < 1.29 is 0 Å². The van der Waals surface area contributed by atoms with Gasteiger partial charge in [-0.2, -0.15) is 0 Å². The average molecular weight is 716 g/mol. The van der Waals surface area contributed by atoms with Crippen molar-refractivity contribution >= 4 is 55.6 Å². The highest BCUT2D eigenvalue weighted by molar-refractivity contribution is 6.12. The largest absolute Gasteiger partial charge is 0.309 e. The van der Waals surface area contributed by atoms with E-state index in [0.717, 1.165) is 46.6 Å². The van der Waals surface area contributed by atoms with Crippen LogP contribution in [0.1, 0.15) is 23.2 Å². The third kappa shape index (κ3) is 5.16. The third-order valence-electron chi connectivity index (χ3n) is 11.5. The number of nitrogens with zero attached hydrogens (tertiary/aromatic N) is 3. The van der Waals surface area contributed by atoms with E-state index in [2.05, 4.69) is 198 Å². The molecule has 0 unspecified atom stereocenters. The van der Waals surface area contributed by atoms with E-state index in [4.69, 9.17) is 4.98 Å². The highest BCUT2D eigenvalue weighted by Crippen LogP contribution is 2.41. The molecule has 11 rings (SSSR count). The van der Waals surface area contributed by atoms with Crippen LogP contribution in [0.15, 0.2) is 183 Å². The first-order valence-electron chi connectivity index (χ1n) is 19.4. The maximum absolute atomic E-state index is 5.18. The monoisotopic (exact) mass is 715 g/mol. The Labute approximate surface area is 325 Å². The van der Waals surface area contributed by atoms with Crippen LogP contribution < -0.4 is 0 Å². The van der Waals surface area contributed by atoms with E-state index in [9.17, 15) is 0 Å². The first-order chi connectivity index (χ1) is 27.7. The summed E-state index contributed by atoms with van der Waals surface area (Å²) < 4.78 is 4.88. The van der Waals surface area contributed by atoms with Crippen LogP contribution in [-0.2, 0) is 6.42 Å². The number of pyridine rings is 1. The number of allylic oxidation sites excluding steroid dienone is 1. The van der Waals surface area contributed by atoms with Crippen molar-refractivity contribution in [3.63, 3.8) is 0 Å². The number of aromatic nitrogens is 3. The summed E-state index contributed by atoms with van der Waals surface area (Å²) in [6, 6.07) is 61.5. The van der Waals surface area contributed by atoms with E-state index in [0.29, 0.717) is 0 Å². The molecule has 3 nitrogen and oxygen atoms in total. The Morgan fingerprint density at radius 2 is 1.11 bits per heavy atom. The number of benzene rings is 7. The topological polar surface area (TPSA) is 22.8 Å². The fourth-order valence-electron chi connectivity index (χ4n) is 8.86.